The first-order chi connectivity index (χ1) is 12.0. The Kier molecular flexibility index (Phi) is 7.59. The Bertz CT molecular complexity index is 661. The van der Waals surface area contributed by atoms with Gasteiger partial charge in [0, 0.05) is 11.1 Å². The fourth-order valence-electron chi connectivity index (χ4n) is 2.29. The highest BCUT2D eigenvalue weighted by atomic mass is 35.5. The molecule has 0 spiro atoms. The lowest BCUT2D eigenvalue weighted by molar-refractivity contribution is -0.136. The van der Waals surface area contributed by atoms with Crippen LogP contribution in [0.1, 0.15) is 59.6 Å². The largest absolute Gasteiger partial charge is 0.519 e. The SMILES string of the molecule is CC(C)(C)[Si](C)(C)NC(CC(=O)O[Si](C)(C)C(C)(C)C)c1ccccc1Cl. The van der Waals surface area contributed by atoms with Gasteiger partial charge in [-0.1, -0.05) is 84.4 Å². The molecular weight excluding hydrogens is 390 g/mol. The summed E-state index contributed by atoms with van der Waals surface area (Å²) in [6, 6.07) is 7.64. The summed E-state index contributed by atoms with van der Waals surface area (Å²) in [6.45, 7) is 22.0. The molecule has 1 aromatic rings. The Labute approximate surface area is 173 Å². The number of nitrogens with one attached hydrogen (secondary N) is 1. The predicted octanol–water partition coefficient (Wildman–Crippen LogP) is 6.91. The van der Waals surface area contributed by atoms with Crippen LogP contribution in [-0.4, -0.2) is 22.5 Å². The van der Waals surface area contributed by atoms with Crippen LogP contribution in [0, 0.1) is 0 Å². The van der Waals surface area contributed by atoms with Crippen LogP contribution in [0.2, 0.25) is 41.3 Å². The first kappa shape index (κ1) is 24.4. The van der Waals surface area contributed by atoms with Gasteiger partial charge in [0.1, 0.15) is 8.24 Å². The summed E-state index contributed by atoms with van der Waals surface area (Å²) in [5.41, 5.74) is 0.969. The average molecular weight is 428 g/mol. The first-order valence-electron chi connectivity index (χ1n) is 9.72. The summed E-state index contributed by atoms with van der Waals surface area (Å²) in [5.74, 6) is -0.141. The fraction of sp³-hybridized carbons (Fsp3) is 0.667. The Morgan fingerprint density at radius 3 is 2.00 bits per heavy atom. The molecule has 3 nitrogen and oxygen atoms in total. The van der Waals surface area contributed by atoms with Crippen LogP contribution < -0.4 is 4.98 Å². The minimum absolute atomic E-state index is 0.00456. The minimum atomic E-state index is -2.14. The van der Waals surface area contributed by atoms with Crippen molar-refractivity contribution >= 4 is 34.1 Å². The van der Waals surface area contributed by atoms with E-state index in [9.17, 15) is 4.79 Å². The van der Waals surface area contributed by atoms with E-state index in [-0.39, 0.29) is 22.1 Å². The summed E-state index contributed by atoms with van der Waals surface area (Å²) >= 11 is 6.48. The number of benzene rings is 1. The number of carbonyl (C=O) groups excluding carboxylic acids is 1. The van der Waals surface area contributed by atoms with Crippen molar-refractivity contribution in [3.05, 3.63) is 34.9 Å². The van der Waals surface area contributed by atoms with Crippen LogP contribution in [-0.2, 0) is 9.22 Å². The molecule has 0 saturated heterocycles. The van der Waals surface area contributed by atoms with Gasteiger partial charge in [-0.2, -0.15) is 0 Å². The number of hydrogen-bond donors (Lipinski definition) is 1. The lowest BCUT2D eigenvalue weighted by atomic mass is 10.1. The molecule has 1 unspecified atom stereocenters. The third kappa shape index (κ3) is 6.45. The first-order valence-corrected chi connectivity index (χ1v) is 16.0. The smallest absolute Gasteiger partial charge is 0.294 e. The minimum Gasteiger partial charge on any atom is -0.519 e. The predicted molar refractivity (Wildman–Crippen MR) is 122 cm³/mol. The lowest BCUT2D eigenvalue weighted by Crippen LogP contribution is -2.54. The van der Waals surface area contributed by atoms with Gasteiger partial charge in [0.15, 0.2) is 0 Å². The normalized spacial score (nSPS) is 14.8. The van der Waals surface area contributed by atoms with Gasteiger partial charge in [-0.25, -0.2) is 0 Å². The average Bonchev–Trinajstić information content (AvgIpc) is 2.43. The van der Waals surface area contributed by atoms with Crippen LogP contribution in [0.5, 0.6) is 0 Å². The number of carbonyl (C=O) groups is 1. The van der Waals surface area contributed by atoms with Gasteiger partial charge in [-0.15, -0.1) is 0 Å². The van der Waals surface area contributed by atoms with E-state index < -0.39 is 16.6 Å². The highest BCUT2D eigenvalue weighted by Gasteiger charge is 2.42. The molecule has 0 aromatic heterocycles. The van der Waals surface area contributed by atoms with Crippen molar-refractivity contribution in [1.82, 2.24) is 4.98 Å². The van der Waals surface area contributed by atoms with Crippen molar-refractivity contribution in [3.8, 4) is 0 Å². The molecule has 0 fully saturated rings. The fourth-order valence-corrected chi connectivity index (χ4v) is 5.08. The summed E-state index contributed by atoms with van der Waals surface area (Å²) in [4.78, 5) is 16.7. The molecule has 0 heterocycles. The number of hydrogen-bond acceptors (Lipinski definition) is 3. The van der Waals surface area contributed by atoms with E-state index >= 15 is 0 Å². The van der Waals surface area contributed by atoms with Crippen molar-refractivity contribution in [1.29, 1.82) is 0 Å². The van der Waals surface area contributed by atoms with Crippen LogP contribution >= 0.6 is 11.6 Å². The van der Waals surface area contributed by atoms with E-state index in [1.165, 1.54) is 0 Å². The maximum atomic E-state index is 12.9. The molecule has 1 rings (SSSR count). The molecule has 0 aliphatic carbocycles. The second-order valence-corrected chi connectivity index (χ2v) is 20.7. The molecule has 0 bridgehead atoms. The molecule has 0 saturated carbocycles. The zero-order chi connectivity index (χ0) is 21.3. The number of halogens is 1. The van der Waals surface area contributed by atoms with E-state index in [2.05, 4.69) is 72.7 Å². The van der Waals surface area contributed by atoms with E-state index in [1.807, 2.05) is 24.3 Å². The maximum absolute atomic E-state index is 12.9. The molecule has 0 radical (unpaired) electrons. The zero-order valence-corrected chi connectivity index (χ0v) is 21.5. The quantitative estimate of drug-likeness (QED) is 0.501. The van der Waals surface area contributed by atoms with Crippen molar-refractivity contribution in [2.24, 2.45) is 0 Å². The summed E-state index contributed by atoms with van der Waals surface area (Å²) in [5, 5.41) is 0.833. The summed E-state index contributed by atoms with van der Waals surface area (Å²) in [7, 11) is -3.98. The second kappa shape index (κ2) is 8.40. The lowest BCUT2D eigenvalue weighted by Gasteiger charge is -2.41. The third-order valence-electron chi connectivity index (χ3n) is 6.24. The van der Waals surface area contributed by atoms with Gasteiger partial charge in [0.2, 0.25) is 0 Å². The summed E-state index contributed by atoms with van der Waals surface area (Å²) < 4.78 is 6.03. The van der Waals surface area contributed by atoms with Crippen LogP contribution in [0.15, 0.2) is 24.3 Å². The molecule has 6 heteroatoms. The molecule has 1 N–H and O–H groups in total. The van der Waals surface area contributed by atoms with Gasteiger partial charge < -0.3 is 9.41 Å². The monoisotopic (exact) mass is 427 g/mol. The molecule has 154 valence electrons. The van der Waals surface area contributed by atoms with Crippen LogP contribution in [0.4, 0.5) is 0 Å². The summed E-state index contributed by atoms with van der Waals surface area (Å²) in [6.07, 6.45) is 0.294. The molecule has 1 atom stereocenters. The van der Waals surface area contributed by atoms with Crippen molar-refractivity contribution in [2.75, 3.05) is 0 Å². The van der Waals surface area contributed by atoms with Crippen LogP contribution in [0.25, 0.3) is 0 Å². The standard InChI is InChI=1S/C21H38ClNO2Si2/c1-20(2,3)26(7,8)23-18(16-13-11-12-14-17(16)22)15-19(24)25-27(9,10)21(4,5)6/h11-14,18,23H,15H2,1-10H3. The Balaban J connectivity index is 3.13. The topological polar surface area (TPSA) is 38.3 Å². The van der Waals surface area contributed by atoms with Gasteiger partial charge >= 0.3 is 0 Å². The highest BCUT2D eigenvalue weighted by Crippen LogP contribution is 2.39. The molecule has 0 aliphatic rings. The maximum Gasteiger partial charge on any atom is 0.294 e. The van der Waals surface area contributed by atoms with Gasteiger partial charge in [0.25, 0.3) is 14.3 Å². The van der Waals surface area contributed by atoms with Gasteiger partial charge in [-0.3, -0.25) is 4.79 Å². The second-order valence-electron chi connectivity index (χ2n) is 10.5. The Morgan fingerprint density at radius 1 is 1.04 bits per heavy atom. The third-order valence-corrected chi connectivity index (χ3v) is 15.8. The Morgan fingerprint density at radius 2 is 1.56 bits per heavy atom. The van der Waals surface area contributed by atoms with E-state index in [0.717, 1.165) is 5.56 Å². The van der Waals surface area contributed by atoms with Crippen molar-refractivity contribution in [2.45, 2.75) is 90.3 Å². The molecule has 0 aliphatic heterocycles. The van der Waals surface area contributed by atoms with Gasteiger partial charge in [0.05, 0.1) is 6.42 Å². The van der Waals surface area contributed by atoms with Crippen LogP contribution in [0.3, 0.4) is 0 Å². The zero-order valence-electron chi connectivity index (χ0n) is 18.8. The van der Waals surface area contributed by atoms with Crippen molar-refractivity contribution < 1.29 is 9.22 Å². The van der Waals surface area contributed by atoms with E-state index in [4.69, 9.17) is 16.0 Å². The van der Waals surface area contributed by atoms with E-state index in [1.54, 1.807) is 0 Å². The highest BCUT2D eigenvalue weighted by molar-refractivity contribution is 6.78. The molecule has 27 heavy (non-hydrogen) atoms. The molecule has 0 amide bonds. The van der Waals surface area contributed by atoms with E-state index in [0.29, 0.717) is 11.4 Å². The molecular formula is C21H38ClNO2Si2. The van der Waals surface area contributed by atoms with Crippen molar-refractivity contribution in [3.63, 3.8) is 0 Å². The molecule has 1 aromatic carbocycles. The van der Waals surface area contributed by atoms with Gasteiger partial charge in [-0.05, 0) is 34.8 Å². The Hall–Kier alpha value is -0.626. The number of rotatable bonds is 6.